The summed E-state index contributed by atoms with van der Waals surface area (Å²) in [5.74, 6) is -1.21. The van der Waals surface area contributed by atoms with Crippen LogP contribution in [0.2, 0.25) is 0 Å². The zero-order valence-electron chi connectivity index (χ0n) is 11.8. The van der Waals surface area contributed by atoms with E-state index in [9.17, 15) is 18.0 Å². The Morgan fingerprint density at radius 3 is 2.60 bits per heavy atom. The van der Waals surface area contributed by atoms with Crippen LogP contribution in [0, 0.1) is 0 Å². The van der Waals surface area contributed by atoms with Gasteiger partial charge in [-0.25, -0.2) is 18.0 Å². The molecule has 2 amide bonds. The first kappa shape index (κ1) is 16.7. The molecule has 1 heterocycles. The summed E-state index contributed by atoms with van der Waals surface area (Å²) < 4.78 is 22.9. The molecule has 0 aromatic carbocycles. The molecule has 0 bridgehead atoms. The van der Waals surface area contributed by atoms with Crippen LogP contribution in [0.3, 0.4) is 0 Å². The van der Waals surface area contributed by atoms with Crippen molar-refractivity contribution in [3.63, 3.8) is 0 Å². The molecule has 0 radical (unpaired) electrons. The highest BCUT2D eigenvalue weighted by Gasteiger charge is 2.32. The quantitative estimate of drug-likeness (QED) is 0.768. The van der Waals surface area contributed by atoms with Crippen LogP contribution < -0.4 is 5.32 Å². The average Bonchev–Trinajstić information content (AvgIpc) is 2.32. The van der Waals surface area contributed by atoms with E-state index in [1.165, 1.54) is 4.90 Å². The first-order valence-corrected chi connectivity index (χ1v) is 8.59. The SMILES string of the molecule is CCCC[C@H](NC(=O)N1CCS(=O)(=O)CC1C)C(=O)O. The first-order valence-electron chi connectivity index (χ1n) is 6.77. The lowest BCUT2D eigenvalue weighted by molar-refractivity contribution is -0.139. The minimum Gasteiger partial charge on any atom is -0.480 e. The lowest BCUT2D eigenvalue weighted by atomic mass is 10.1. The molecular formula is C12H22N2O5S. The molecular weight excluding hydrogens is 284 g/mol. The summed E-state index contributed by atoms with van der Waals surface area (Å²) in [4.78, 5) is 24.5. The molecule has 0 aromatic rings. The fourth-order valence-corrected chi connectivity index (χ4v) is 3.75. The van der Waals surface area contributed by atoms with Gasteiger partial charge in [-0.15, -0.1) is 0 Å². The number of aliphatic carboxylic acids is 1. The number of carboxylic acids is 1. The molecule has 0 aliphatic carbocycles. The number of sulfone groups is 1. The predicted octanol–water partition coefficient (Wildman–Crippen LogP) is 0.458. The van der Waals surface area contributed by atoms with Crippen LogP contribution in [0.1, 0.15) is 33.1 Å². The molecule has 116 valence electrons. The van der Waals surface area contributed by atoms with Gasteiger partial charge in [-0.2, -0.15) is 0 Å². The molecule has 0 spiro atoms. The molecule has 0 aromatic heterocycles. The average molecular weight is 306 g/mol. The van der Waals surface area contributed by atoms with Gasteiger partial charge in [0.2, 0.25) is 0 Å². The largest absolute Gasteiger partial charge is 0.480 e. The van der Waals surface area contributed by atoms with Gasteiger partial charge in [0.1, 0.15) is 6.04 Å². The molecule has 1 unspecified atom stereocenters. The summed E-state index contributed by atoms with van der Waals surface area (Å²) in [6.45, 7) is 3.70. The highest BCUT2D eigenvalue weighted by atomic mass is 32.2. The van der Waals surface area contributed by atoms with Crippen LogP contribution in [-0.2, 0) is 14.6 Å². The predicted molar refractivity (Wildman–Crippen MR) is 74.3 cm³/mol. The van der Waals surface area contributed by atoms with Crippen molar-refractivity contribution in [1.29, 1.82) is 0 Å². The minimum atomic E-state index is -3.10. The molecule has 7 nitrogen and oxygen atoms in total. The third-order valence-corrected chi connectivity index (χ3v) is 5.17. The number of carbonyl (C=O) groups excluding carboxylic acids is 1. The Hall–Kier alpha value is -1.31. The van der Waals surface area contributed by atoms with Crippen LogP contribution in [0.15, 0.2) is 0 Å². The van der Waals surface area contributed by atoms with Gasteiger partial charge >= 0.3 is 12.0 Å². The van der Waals surface area contributed by atoms with E-state index in [2.05, 4.69) is 5.32 Å². The number of carboxylic acid groups (broad SMARTS) is 1. The number of hydrogen-bond acceptors (Lipinski definition) is 4. The zero-order chi connectivity index (χ0) is 15.3. The molecule has 1 fully saturated rings. The number of rotatable bonds is 5. The van der Waals surface area contributed by atoms with Gasteiger partial charge in [-0.3, -0.25) is 0 Å². The van der Waals surface area contributed by atoms with E-state index in [1.54, 1.807) is 6.92 Å². The fourth-order valence-electron chi connectivity index (χ4n) is 2.20. The highest BCUT2D eigenvalue weighted by molar-refractivity contribution is 7.91. The van der Waals surface area contributed by atoms with Crippen LogP contribution in [0.4, 0.5) is 4.79 Å². The lowest BCUT2D eigenvalue weighted by Gasteiger charge is -2.33. The van der Waals surface area contributed by atoms with Crippen LogP contribution in [0.25, 0.3) is 0 Å². The highest BCUT2D eigenvalue weighted by Crippen LogP contribution is 2.12. The van der Waals surface area contributed by atoms with E-state index in [4.69, 9.17) is 5.11 Å². The van der Waals surface area contributed by atoms with E-state index in [0.29, 0.717) is 12.8 Å². The van der Waals surface area contributed by atoms with Gasteiger partial charge < -0.3 is 15.3 Å². The Labute approximate surface area is 119 Å². The minimum absolute atomic E-state index is 0.0720. The first-order chi connectivity index (χ1) is 9.26. The summed E-state index contributed by atoms with van der Waals surface area (Å²) in [5, 5.41) is 11.5. The number of carbonyl (C=O) groups is 2. The van der Waals surface area contributed by atoms with Gasteiger partial charge in [0.15, 0.2) is 9.84 Å². The topological polar surface area (TPSA) is 104 Å². The summed E-state index contributed by atoms with van der Waals surface area (Å²) >= 11 is 0. The molecule has 20 heavy (non-hydrogen) atoms. The molecule has 8 heteroatoms. The summed E-state index contributed by atoms with van der Waals surface area (Å²) in [6.07, 6.45) is 1.93. The van der Waals surface area contributed by atoms with E-state index in [0.717, 1.165) is 6.42 Å². The summed E-state index contributed by atoms with van der Waals surface area (Å²) in [6, 6.07) is -1.86. The molecule has 1 rings (SSSR count). The Morgan fingerprint density at radius 1 is 1.45 bits per heavy atom. The molecule has 1 saturated heterocycles. The number of nitrogens with zero attached hydrogens (tertiary/aromatic N) is 1. The van der Waals surface area contributed by atoms with Gasteiger partial charge in [-0.1, -0.05) is 19.8 Å². The third-order valence-electron chi connectivity index (χ3n) is 3.37. The second-order valence-corrected chi connectivity index (χ2v) is 7.37. The van der Waals surface area contributed by atoms with E-state index in [-0.39, 0.29) is 18.1 Å². The van der Waals surface area contributed by atoms with Crippen molar-refractivity contribution in [2.75, 3.05) is 18.1 Å². The van der Waals surface area contributed by atoms with Crippen LogP contribution in [0.5, 0.6) is 0 Å². The molecule has 1 aliphatic rings. The third kappa shape index (κ3) is 4.66. The number of urea groups is 1. The molecule has 2 N–H and O–H groups in total. The van der Waals surface area contributed by atoms with Crippen molar-refractivity contribution < 1.29 is 23.1 Å². The maximum atomic E-state index is 12.1. The van der Waals surface area contributed by atoms with E-state index >= 15 is 0 Å². The summed E-state index contributed by atoms with van der Waals surface area (Å²) in [5.41, 5.74) is 0. The number of hydrogen-bond donors (Lipinski definition) is 2. The second-order valence-electron chi connectivity index (χ2n) is 5.14. The van der Waals surface area contributed by atoms with Crippen molar-refractivity contribution in [3.8, 4) is 0 Å². The van der Waals surface area contributed by atoms with E-state index in [1.807, 2.05) is 6.92 Å². The lowest BCUT2D eigenvalue weighted by Crippen LogP contribution is -2.56. The van der Waals surface area contributed by atoms with Gasteiger partial charge in [-0.05, 0) is 13.3 Å². The number of unbranched alkanes of at least 4 members (excludes halogenated alkanes) is 1. The van der Waals surface area contributed by atoms with Crippen molar-refractivity contribution in [2.24, 2.45) is 0 Å². The van der Waals surface area contributed by atoms with Crippen molar-refractivity contribution in [1.82, 2.24) is 10.2 Å². The maximum absolute atomic E-state index is 12.1. The second kappa shape index (κ2) is 6.92. The van der Waals surface area contributed by atoms with Crippen LogP contribution >= 0.6 is 0 Å². The van der Waals surface area contributed by atoms with E-state index < -0.39 is 33.9 Å². The standard InChI is InChI=1S/C12H22N2O5S/c1-3-4-5-10(11(15)16)13-12(17)14-6-7-20(18,19)8-9(14)2/h9-10H,3-8H2,1-2H3,(H,13,17)(H,15,16)/t9?,10-/m0/s1. The number of nitrogens with one attached hydrogen (secondary N) is 1. The van der Waals surface area contributed by atoms with Crippen molar-refractivity contribution in [3.05, 3.63) is 0 Å². The normalized spacial score (nSPS) is 23.1. The summed E-state index contributed by atoms with van der Waals surface area (Å²) in [7, 11) is -3.10. The fraction of sp³-hybridized carbons (Fsp3) is 0.833. The zero-order valence-corrected chi connectivity index (χ0v) is 12.6. The Kier molecular flexibility index (Phi) is 5.79. The van der Waals surface area contributed by atoms with Gasteiger partial charge in [0.25, 0.3) is 0 Å². The van der Waals surface area contributed by atoms with Crippen LogP contribution in [-0.4, -0.2) is 60.6 Å². The van der Waals surface area contributed by atoms with Gasteiger partial charge in [0, 0.05) is 12.6 Å². The van der Waals surface area contributed by atoms with Gasteiger partial charge in [0.05, 0.1) is 11.5 Å². The molecule has 2 atom stereocenters. The molecule has 1 aliphatic heterocycles. The maximum Gasteiger partial charge on any atom is 0.326 e. The molecule has 0 saturated carbocycles. The Morgan fingerprint density at radius 2 is 2.10 bits per heavy atom. The number of amides is 2. The Bertz CT molecular complexity index is 462. The Balaban J connectivity index is 2.63. The van der Waals surface area contributed by atoms with Crippen molar-refractivity contribution >= 4 is 21.8 Å². The smallest absolute Gasteiger partial charge is 0.326 e. The monoisotopic (exact) mass is 306 g/mol. The van der Waals surface area contributed by atoms with Crippen molar-refractivity contribution in [2.45, 2.75) is 45.2 Å².